The number of rotatable bonds is 2. The topological polar surface area (TPSA) is 15.4 Å². The van der Waals surface area contributed by atoms with Crippen LogP contribution in [0.15, 0.2) is 65.7 Å². The number of nitrogens with zero attached hydrogens (tertiary/aromatic N) is 2. The Morgan fingerprint density at radius 1 is 0.900 bits per heavy atom. The molecule has 100 valence electrons. The summed E-state index contributed by atoms with van der Waals surface area (Å²) in [5.41, 5.74) is 3.82. The van der Waals surface area contributed by atoms with Gasteiger partial charge in [-0.3, -0.25) is 9.89 Å². The first-order valence-corrected chi connectivity index (χ1v) is 7.24. The van der Waals surface area contributed by atoms with Crippen LogP contribution in [0.5, 0.6) is 0 Å². The van der Waals surface area contributed by atoms with E-state index in [1.54, 1.807) is 0 Å². The summed E-state index contributed by atoms with van der Waals surface area (Å²) in [6, 6.07) is 21.9. The van der Waals surface area contributed by atoms with Gasteiger partial charge in [-0.15, -0.1) is 0 Å². The molecule has 4 unspecified atom stereocenters. The molecule has 0 bridgehead atoms. The molecule has 2 heteroatoms. The molecule has 0 saturated carbocycles. The number of hydrogen-bond donors (Lipinski definition) is 0. The highest BCUT2D eigenvalue weighted by atomic mass is 15.5. The minimum atomic E-state index is -0.0119. The Kier molecular flexibility index (Phi) is 2.39. The van der Waals surface area contributed by atoms with E-state index < -0.39 is 0 Å². The predicted octanol–water partition coefficient (Wildman–Crippen LogP) is 3.43. The van der Waals surface area contributed by atoms with Gasteiger partial charge < -0.3 is 0 Å². The molecule has 2 aromatic carbocycles. The van der Waals surface area contributed by atoms with Crippen LogP contribution in [0.25, 0.3) is 0 Å². The van der Waals surface area contributed by atoms with Crippen molar-refractivity contribution in [1.29, 1.82) is 0 Å². The van der Waals surface area contributed by atoms with Crippen molar-refractivity contribution in [3.05, 3.63) is 71.8 Å². The normalized spacial score (nSPS) is 34.5. The van der Waals surface area contributed by atoms with Gasteiger partial charge in [0, 0.05) is 6.04 Å². The van der Waals surface area contributed by atoms with Crippen LogP contribution in [0, 0.1) is 0 Å². The quantitative estimate of drug-likeness (QED) is 0.757. The fourth-order valence-electron chi connectivity index (χ4n) is 3.85. The van der Waals surface area contributed by atoms with Crippen molar-refractivity contribution in [3.8, 4) is 0 Å². The lowest BCUT2D eigenvalue weighted by Crippen LogP contribution is -2.25. The van der Waals surface area contributed by atoms with Gasteiger partial charge in [-0.05, 0) is 25.0 Å². The van der Waals surface area contributed by atoms with Crippen molar-refractivity contribution in [3.63, 3.8) is 0 Å². The van der Waals surface area contributed by atoms with E-state index in [-0.39, 0.29) is 11.7 Å². The largest absolute Gasteiger partial charge is 0.268 e. The fraction of sp³-hybridized carbons (Fsp3) is 0.278. The zero-order valence-corrected chi connectivity index (χ0v) is 11.8. The molecule has 0 N–H and O–H groups in total. The third-order valence-corrected chi connectivity index (χ3v) is 4.70. The van der Waals surface area contributed by atoms with Gasteiger partial charge >= 0.3 is 0 Å². The minimum Gasteiger partial charge on any atom is -0.268 e. The molecule has 1 fully saturated rings. The van der Waals surface area contributed by atoms with Gasteiger partial charge in [0.05, 0.1) is 5.71 Å². The standard InChI is InChI=1S/C18H18N2/c1-13-18(16-11-7-4-8-12-16)17(19-14(2)20(13)18)15-9-5-3-6-10-15/h3-14H,1-2H3. The van der Waals surface area contributed by atoms with Crippen LogP contribution in [0.3, 0.4) is 0 Å². The summed E-state index contributed by atoms with van der Waals surface area (Å²) < 4.78 is 0. The first-order valence-electron chi connectivity index (χ1n) is 7.24. The average Bonchev–Trinajstić information content (AvgIpc) is 2.99. The van der Waals surface area contributed by atoms with Crippen molar-refractivity contribution in [2.24, 2.45) is 4.99 Å². The van der Waals surface area contributed by atoms with Crippen molar-refractivity contribution in [2.75, 3.05) is 0 Å². The van der Waals surface area contributed by atoms with Gasteiger partial charge in [-0.1, -0.05) is 60.7 Å². The smallest absolute Gasteiger partial charge is 0.107 e. The molecule has 2 aliphatic heterocycles. The molecule has 4 rings (SSSR count). The van der Waals surface area contributed by atoms with E-state index in [0.29, 0.717) is 6.04 Å². The number of benzene rings is 2. The number of hydrogen-bond acceptors (Lipinski definition) is 2. The summed E-state index contributed by atoms with van der Waals surface area (Å²) in [6.07, 6.45) is 0.264. The summed E-state index contributed by atoms with van der Waals surface area (Å²) in [4.78, 5) is 7.44. The summed E-state index contributed by atoms with van der Waals surface area (Å²) in [7, 11) is 0. The average molecular weight is 262 g/mol. The van der Waals surface area contributed by atoms with Crippen molar-refractivity contribution < 1.29 is 0 Å². The van der Waals surface area contributed by atoms with E-state index in [2.05, 4.69) is 79.4 Å². The van der Waals surface area contributed by atoms with Gasteiger partial charge in [-0.25, -0.2) is 0 Å². The predicted molar refractivity (Wildman–Crippen MR) is 81.9 cm³/mol. The van der Waals surface area contributed by atoms with E-state index in [1.807, 2.05) is 0 Å². The highest BCUT2D eigenvalue weighted by Crippen LogP contribution is 2.57. The van der Waals surface area contributed by atoms with Crippen LogP contribution in [0.4, 0.5) is 0 Å². The van der Waals surface area contributed by atoms with Gasteiger partial charge in [0.2, 0.25) is 0 Å². The summed E-state index contributed by atoms with van der Waals surface area (Å²) in [5.74, 6) is 0. The zero-order valence-electron chi connectivity index (χ0n) is 11.8. The Hall–Kier alpha value is -1.93. The Labute approximate surface area is 119 Å². The molecular weight excluding hydrogens is 244 g/mol. The monoisotopic (exact) mass is 262 g/mol. The van der Waals surface area contributed by atoms with Crippen molar-refractivity contribution in [1.82, 2.24) is 4.90 Å². The lowest BCUT2D eigenvalue weighted by molar-refractivity contribution is 0.397. The Bertz CT molecular complexity index is 662. The van der Waals surface area contributed by atoms with E-state index >= 15 is 0 Å². The SMILES string of the molecule is CC1N=C(c2ccccc2)C2(c3ccccc3)C(C)N12. The second kappa shape index (κ2) is 4.03. The van der Waals surface area contributed by atoms with Crippen LogP contribution in [-0.4, -0.2) is 22.8 Å². The molecule has 2 heterocycles. The second-order valence-corrected chi connectivity index (χ2v) is 5.69. The maximum atomic E-state index is 4.93. The molecule has 0 aromatic heterocycles. The summed E-state index contributed by atoms with van der Waals surface area (Å²) in [5, 5.41) is 0. The van der Waals surface area contributed by atoms with Crippen LogP contribution in [-0.2, 0) is 5.54 Å². The first-order chi connectivity index (χ1) is 9.76. The van der Waals surface area contributed by atoms with Crippen LogP contribution in [0.2, 0.25) is 0 Å². The van der Waals surface area contributed by atoms with Crippen LogP contribution in [0.1, 0.15) is 25.0 Å². The van der Waals surface area contributed by atoms with E-state index in [1.165, 1.54) is 16.8 Å². The van der Waals surface area contributed by atoms with Crippen molar-refractivity contribution in [2.45, 2.75) is 31.6 Å². The Morgan fingerprint density at radius 2 is 1.50 bits per heavy atom. The maximum Gasteiger partial charge on any atom is 0.107 e. The Balaban J connectivity index is 1.88. The molecular formula is C18H18N2. The third kappa shape index (κ3) is 1.35. The van der Waals surface area contributed by atoms with Gasteiger partial charge in [-0.2, -0.15) is 0 Å². The molecule has 1 saturated heterocycles. The molecule has 0 radical (unpaired) electrons. The van der Waals surface area contributed by atoms with Gasteiger partial charge in [0.15, 0.2) is 0 Å². The summed E-state index contributed by atoms with van der Waals surface area (Å²) in [6.45, 7) is 4.50. The van der Waals surface area contributed by atoms with E-state index in [0.717, 1.165) is 0 Å². The van der Waals surface area contributed by atoms with Gasteiger partial charge in [0.25, 0.3) is 0 Å². The highest BCUT2D eigenvalue weighted by molar-refractivity contribution is 6.12. The Morgan fingerprint density at radius 3 is 2.10 bits per heavy atom. The first kappa shape index (κ1) is 11.9. The third-order valence-electron chi connectivity index (χ3n) is 4.70. The lowest BCUT2D eigenvalue weighted by atomic mass is 9.87. The molecule has 0 amide bonds. The minimum absolute atomic E-state index is 0.0119. The second-order valence-electron chi connectivity index (χ2n) is 5.69. The van der Waals surface area contributed by atoms with Crippen LogP contribution < -0.4 is 0 Å². The maximum absolute atomic E-state index is 4.93. The summed E-state index contributed by atoms with van der Waals surface area (Å²) >= 11 is 0. The molecule has 20 heavy (non-hydrogen) atoms. The fourth-order valence-corrected chi connectivity index (χ4v) is 3.85. The molecule has 2 aromatic rings. The number of fused-ring (bicyclic) bond motifs is 1. The van der Waals surface area contributed by atoms with E-state index in [4.69, 9.17) is 4.99 Å². The lowest BCUT2D eigenvalue weighted by Gasteiger charge is -2.16. The van der Waals surface area contributed by atoms with Crippen molar-refractivity contribution >= 4 is 5.71 Å². The molecule has 2 nitrogen and oxygen atoms in total. The highest BCUT2D eigenvalue weighted by Gasteiger charge is 2.69. The molecule has 4 atom stereocenters. The molecule has 0 spiro atoms. The number of aliphatic imine (C=N–C) groups is 1. The van der Waals surface area contributed by atoms with Gasteiger partial charge in [0.1, 0.15) is 11.7 Å². The van der Waals surface area contributed by atoms with Crippen LogP contribution >= 0.6 is 0 Å². The van der Waals surface area contributed by atoms with E-state index in [9.17, 15) is 0 Å². The zero-order chi connectivity index (χ0) is 13.7. The molecule has 2 aliphatic rings. The molecule has 0 aliphatic carbocycles.